The van der Waals surface area contributed by atoms with E-state index >= 15 is 0 Å². The van der Waals surface area contributed by atoms with Crippen LogP contribution in [0.15, 0.2) is 54.9 Å². The first-order valence-corrected chi connectivity index (χ1v) is 6.80. The van der Waals surface area contributed by atoms with Gasteiger partial charge in [-0.3, -0.25) is 0 Å². The maximum absolute atomic E-state index is 10.4. The first-order valence-electron chi connectivity index (χ1n) is 6.80. The summed E-state index contributed by atoms with van der Waals surface area (Å²) in [5.41, 5.74) is 3.03. The molecule has 0 fully saturated rings. The van der Waals surface area contributed by atoms with Crippen LogP contribution in [-0.2, 0) is 0 Å². The van der Waals surface area contributed by atoms with Crippen LogP contribution in [0.25, 0.3) is 11.3 Å². The molecular weight excluding hydrogens is 278 g/mol. The Labute approximate surface area is 127 Å². The zero-order valence-electron chi connectivity index (χ0n) is 12.0. The van der Waals surface area contributed by atoms with Crippen molar-refractivity contribution in [1.82, 2.24) is 9.97 Å². The van der Waals surface area contributed by atoms with Crippen LogP contribution in [0.5, 0.6) is 11.5 Å². The molecule has 0 saturated carbocycles. The molecule has 0 aliphatic heterocycles. The van der Waals surface area contributed by atoms with E-state index in [4.69, 9.17) is 0 Å². The predicted octanol–water partition coefficient (Wildman–Crippen LogP) is 3.61. The third-order valence-electron chi connectivity index (χ3n) is 3.26. The summed E-state index contributed by atoms with van der Waals surface area (Å²) >= 11 is 0. The van der Waals surface area contributed by atoms with Gasteiger partial charge in [0.25, 0.3) is 0 Å². The van der Waals surface area contributed by atoms with Crippen molar-refractivity contribution in [3.8, 4) is 22.8 Å². The Morgan fingerprint density at radius 3 is 2.45 bits per heavy atom. The maximum atomic E-state index is 10.4. The van der Waals surface area contributed by atoms with E-state index in [2.05, 4.69) is 15.3 Å². The summed E-state index contributed by atoms with van der Waals surface area (Å²) in [6, 6.07) is 14.3. The Morgan fingerprint density at radius 2 is 1.73 bits per heavy atom. The topological polar surface area (TPSA) is 78.3 Å². The second-order valence-corrected chi connectivity index (χ2v) is 4.96. The van der Waals surface area contributed by atoms with Crippen molar-refractivity contribution in [3.63, 3.8) is 0 Å². The van der Waals surface area contributed by atoms with Gasteiger partial charge in [0.15, 0.2) is 11.6 Å². The van der Waals surface area contributed by atoms with Crippen LogP contribution in [0.2, 0.25) is 0 Å². The highest BCUT2D eigenvalue weighted by Gasteiger charge is 2.12. The Balaban J connectivity index is 1.97. The van der Waals surface area contributed by atoms with Crippen molar-refractivity contribution in [2.75, 3.05) is 5.32 Å². The van der Waals surface area contributed by atoms with Gasteiger partial charge < -0.3 is 15.5 Å². The van der Waals surface area contributed by atoms with E-state index < -0.39 is 0 Å². The fourth-order valence-electron chi connectivity index (χ4n) is 2.11. The molecule has 3 aromatic rings. The first-order chi connectivity index (χ1) is 10.6. The van der Waals surface area contributed by atoms with Crippen LogP contribution >= 0.6 is 0 Å². The lowest BCUT2D eigenvalue weighted by Crippen LogP contribution is -1.97. The molecule has 0 aliphatic rings. The minimum absolute atomic E-state index is 0.0327. The van der Waals surface area contributed by atoms with Gasteiger partial charge in [0.1, 0.15) is 17.8 Å². The molecule has 0 unspecified atom stereocenters. The molecule has 0 radical (unpaired) electrons. The normalized spacial score (nSPS) is 10.4. The second-order valence-electron chi connectivity index (χ2n) is 4.96. The predicted molar refractivity (Wildman–Crippen MR) is 85.3 cm³/mol. The number of phenolic OH excluding ortho intramolecular Hbond substituents is 1. The summed E-state index contributed by atoms with van der Waals surface area (Å²) in [5, 5.41) is 22.8. The van der Waals surface area contributed by atoms with Crippen LogP contribution in [0, 0.1) is 6.92 Å². The monoisotopic (exact) mass is 293 g/mol. The smallest absolute Gasteiger partial charge is 0.185 e. The van der Waals surface area contributed by atoms with Gasteiger partial charge >= 0.3 is 0 Å². The molecule has 0 spiro atoms. The lowest BCUT2D eigenvalue weighted by Gasteiger charge is -2.10. The molecule has 110 valence electrons. The summed E-state index contributed by atoms with van der Waals surface area (Å²) in [5.74, 6) is 0.392. The van der Waals surface area contributed by atoms with Gasteiger partial charge in [-0.05, 0) is 19.1 Å². The van der Waals surface area contributed by atoms with Crippen molar-refractivity contribution in [2.45, 2.75) is 6.92 Å². The van der Waals surface area contributed by atoms with Gasteiger partial charge in [0.05, 0.1) is 0 Å². The van der Waals surface area contributed by atoms with Crippen molar-refractivity contribution in [3.05, 3.63) is 60.4 Å². The highest BCUT2D eigenvalue weighted by molar-refractivity contribution is 5.74. The summed E-state index contributed by atoms with van der Waals surface area (Å²) in [6.07, 6.45) is 1.39. The fraction of sp³-hybridized carbons (Fsp3) is 0.0588. The van der Waals surface area contributed by atoms with Crippen LogP contribution in [0.4, 0.5) is 11.5 Å². The Bertz CT molecular complexity index is 801. The largest absolute Gasteiger partial charge is 0.508 e. The lowest BCUT2D eigenvalue weighted by atomic mass is 10.1. The zero-order chi connectivity index (χ0) is 15.5. The van der Waals surface area contributed by atoms with E-state index in [1.165, 1.54) is 6.33 Å². The molecule has 22 heavy (non-hydrogen) atoms. The molecule has 1 heterocycles. The van der Waals surface area contributed by atoms with Gasteiger partial charge in [-0.2, -0.15) is 0 Å². The number of aromatic hydroxyl groups is 2. The van der Waals surface area contributed by atoms with E-state index in [1.54, 1.807) is 24.3 Å². The maximum Gasteiger partial charge on any atom is 0.185 e. The fourth-order valence-corrected chi connectivity index (χ4v) is 2.11. The molecule has 0 atom stereocenters. The van der Waals surface area contributed by atoms with Crippen LogP contribution < -0.4 is 5.32 Å². The molecule has 5 nitrogen and oxygen atoms in total. The summed E-state index contributed by atoms with van der Waals surface area (Å²) < 4.78 is 0. The highest BCUT2D eigenvalue weighted by atomic mass is 16.3. The van der Waals surface area contributed by atoms with Crippen molar-refractivity contribution in [1.29, 1.82) is 0 Å². The number of phenols is 1. The molecule has 5 heteroatoms. The molecule has 0 amide bonds. The quantitative estimate of drug-likeness (QED) is 0.687. The summed E-state index contributed by atoms with van der Waals surface area (Å²) in [7, 11) is 0. The van der Waals surface area contributed by atoms with E-state index in [1.807, 2.05) is 31.2 Å². The first kappa shape index (κ1) is 13.9. The minimum Gasteiger partial charge on any atom is -0.508 e. The van der Waals surface area contributed by atoms with E-state index in [9.17, 15) is 10.2 Å². The zero-order valence-corrected chi connectivity index (χ0v) is 12.0. The van der Waals surface area contributed by atoms with Gasteiger partial charge in [-0.15, -0.1) is 0 Å². The highest BCUT2D eigenvalue weighted by Crippen LogP contribution is 2.33. The third-order valence-corrected chi connectivity index (χ3v) is 3.26. The standard InChI is InChI=1S/C17H15N3O2/c1-11-5-7-12(8-6-11)15-16(22)17(19-10-18-15)20-13-3-2-4-14(21)9-13/h2-10,21-22H,1H3,(H,18,19,20). The summed E-state index contributed by atoms with van der Waals surface area (Å²) in [6.45, 7) is 2.00. The average molecular weight is 293 g/mol. The average Bonchev–Trinajstić information content (AvgIpc) is 2.51. The molecule has 0 bridgehead atoms. The van der Waals surface area contributed by atoms with Gasteiger partial charge in [0, 0.05) is 17.3 Å². The third kappa shape index (κ3) is 2.83. The lowest BCUT2D eigenvalue weighted by molar-refractivity contribution is 0.473. The van der Waals surface area contributed by atoms with Crippen LogP contribution in [0.1, 0.15) is 5.56 Å². The van der Waals surface area contributed by atoms with Crippen molar-refractivity contribution < 1.29 is 10.2 Å². The summed E-state index contributed by atoms with van der Waals surface area (Å²) in [4.78, 5) is 8.20. The number of hydrogen-bond acceptors (Lipinski definition) is 5. The van der Waals surface area contributed by atoms with Gasteiger partial charge in [0.2, 0.25) is 0 Å². The number of hydrogen-bond donors (Lipinski definition) is 3. The minimum atomic E-state index is -0.0327. The van der Waals surface area contributed by atoms with Crippen LogP contribution in [-0.4, -0.2) is 20.2 Å². The second kappa shape index (κ2) is 5.73. The van der Waals surface area contributed by atoms with E-state index in [0.717, 1.165) is 11.1 Å². The molecule has 0 saturated heterocycles. The Morgan fingerprint density at radius 1 is 0.955 bits per heavy atom. The number of nitrogens with one attached hydrogen (secondary N) is 1. The number of aryl methyl sites for hydroxylation is 1. The number of aromatic nitrogens is 2. The Hall–Kier alpha value is -3.08. The Kier molecular flexibility index (Phi) is 3.62. The van der Waals surface area contributed by atoms with Gasteiger partial charge in [-0.1, -0.05) is 35.9 Å². The van der Waals surface area contributed by atoms with E-state index in [-0.39, 0.29) is 17.3 Å². The van der Waals surface area contributed by atoms with Crippen LogP contribution in [0.3, 0.4) is 0 Å². The number of nitrogens with zero attached hydrogens (tertiary/aromatic N) is 2. The molecule has 0 aliphatic carbocycles. The van der Waals surface area contributed by atoms with Gasteiger partial charge in [-0.25, -0.2) is 9.97 Å². The molecule has 3 rings (SSSR count). The molecular formula is C17H15N3O2. The SMILES string of the molecule is Cc1ccc(-c2ncnc(Nc3cccc(O)c3)c2O)cc1. The van der Waals surface area contributed by atoms with Crippen molar-refractivity contribution in [2.24, 2.45) is 0 Å². The molecule has 3 N–H and O–H groups in total. The molecule has 1 aromatic heterocycles. The number of anilines is 2. The number of benzene rings is 2. The molecule has 2 aromatic carbocycles. The van der Waals surface area contributed by atoms with Crippen molar-refractivity contribution >= 4 is 11.5 Å². The number of rotatable bonds is 3. The van der Waals surface area contributed by atoms with E-state index in [0.29, 0.717) is 11.4 Å².